The molecule has 0 unspecified atom stereocenters. The standard InChI is InChI=1S/C13H17N3O/c14-8-10-3-4-11(7-12(10)15)16-13(9-17)5-1-2-6-13/h3-4,7,16-17H,1-2,5-6,9,15H2. The van der Waals surface area contributed by atoms with Crippen LogP contribution in [0.1, 0.15) is 31.2 Å². The van der Waals surface area contributed by atoms with Crippen molar-refractivity contribution in [2.75, 3.05) is 17.7 Å². The number of anilines is 2. The number of aliphatic hydroxyl groups is 1. The van der Waals surface area contributed by atoms with E-state index in [-0.39, 0.29) is 12.1 Å². The number of hydrogen-bond donors (Lipinski definition) is 3. The summed E-state index contributed by atoms with van der Waals surface area (Å²) < 4.78 is 0. The summed E-state index contributed by atoms with van der Waals surface area (Å²) in [6, 6.07) is 7.34. The van der Waals surface area contributed by atoms with Gasteiger partial charge in [0, 0.05) is 5.69 Å². The molecule has 17 heavy (non-hydrogen) atoms. The molecule has 1 saturated carbocycles. The first-order valence-electron chi connectivity index (χ1n) is 5.88. The molecular weight excluding hydrogens is 214 g/mol. The summed E-state index contributed by atoms with van der Waals surface area (Å²) >= 11 is 0. The predicted molar refractivity (Wildman–Crippen MR) is 67.5 cm³/mol. The second-order valence-corrected chi connectivity index (χ2v) is 4.68. The highest BCUT2D eigenvalue weighted by Crippen LogP contribution is 2.33. The highest BCUT2D eigenvalue weighted by Gasteiger charge is 2.32. The summed E-state index contributed by atoms with van der Waals surface area (Å²) in [7, 11) is 0. The van der Waals surface area contributed by atoms with E-state index in [2.05, 4.69) is 5.32 Å². The van der Waals surface area contributed by atoms with Crippen LogP contribution in [-0.2, 0) is 0 Å². The van der Waals surface area contributed by atoms with Crippen molar-refractivity contribution in [3.05, 3.63) is 23.8 Å². The monoisotopic (exact) mass is 231 g/mol. The lowest BCUT2D eigenvalue weighted by Gasteiger charge is -2.29. The first-order valence-corrected chi connectivity index (χ1v) is 5.88. The van der Waals surface area contributed by atoms with E-state index in [0.29, 0.717) is 11.3 Å². The summed E-state index contributed by atoms with van der Waals surface area (Å²) in [6.45, 7) is 0.132. The highest BCUT2D eigenvalue weighted by molar-refractivity contribution is 5.63. The van der Waals surface area contributed by atoms with E-state index in [4.69, 9.17) is 11.0 Å². The maximum atomic E-state index is 9.50. The number of benzene rings is 1. The van der Waals surface area contributed by atoms with Gasteiger partial charge in [-0.3, -0.25) is 0 Å². The summed E-state index contributed by atoms with van der Waals surface area (Å²) in [5.41, 5.74) is 7.39. The molecule has 1 aromatic rings. The fourth-order valence-corrected chi connectivity index (χ4v) is 2.42. The molecular formula is C13H17N3O. The van der Waals surface area contributed by atoms with E-state index in [9.17, 15) is 5.11 Å². The zero-order chi connectivity index (χ0) is 12.3. The van der Waals surface area contributed by atoms with Gasteiger partial charge in [0.2, 0.25) is 0 Å². The van der Waals surface area contributed by atoms with Crippen LogP contribution in [0.5, 0.6) is 0 Å². The molecule has 0 aromatic heterocycles. The van der Waals surface area contributed by atoms with Crippen molar-refractivity contribution in [3.63, 3.8) is 0 Å². The molecule has 4 nitrogen and oxygen atoms in total. The minimum atomic E-state index is -0.208. The molecule has 1 aliphatic rings. The molecule has 0 saturated heterocycles. The molecule has 4 heteroatoms. The molecule has 4 N–H and O–H groups in total. The maximum Gasteiger partial charge on any atom is 0.101 e. The van der Waals surface area contributed by atoms with E-state index in [1.54, 1.807) is 12.1 Å². The Labute approximate surface area is 101 Å². The van der Waals surface area contributed by atoms with Crippen LogP contribution in [0, 0.1) is 11.3 Å². The molecule has 1 aliphatic carbocycles. The van der Waals surface area contributed by atoms with Gasteiger partial charge in [-0.2, -0.15) is 5.26 Å². The number of aliphatic hydroxyl groups excluding tert-OH is 1. The molecule has 2 rings (SSSR count). The van der Waals surface area contributed by atoms with Gasteiger partial charge >= 0.3 is 0 Å². The van der Waals surface area contributed by atoms with Gasteiger partial charge in [-0.1, -0.05) is 12.8 Å². The van der Waals surface area contributed by atoms with Crippen molar-refractivity contribution in [2.45, 2.75) is 31.2 Å². The molecule has 1 aromatic carbocycles. The molecule has 0 aliphatic heterocycles. The lowest BCUT2D eigenvalue weighted by atomic mass is 9.98. The Hall–Kier alpha value is -1.73. The largest absolute Gasteiger partial charge is 0.398 e. The molecule has 0 amide bonds. The van der Waals surface area contributed by atoms with E-state index >= 15 is 0 Å². The van der Waals surface area contributed by atoms with Gasteiger partial charge in [0.25, 0.3) is 0 Å². The number of nitrogen functional groups attached to an aromatic ring is 1. The van der Waals surface area contributed by atoms with E-state index < -0.39 is 0 Å². The van der Waals surface area contributed by atoms with Gasteiger partial charge in [0.1, 0.15) is 6.07 Å². The molecule has 90 valence electrons. The van der Waals surface area contributed by atoms with Crippen LogP contribution in [0.15, 0.2) is 18.2 Å². The number of nitrogens with two attached hydrogens (primary N) is 1. The van der Waals surface area contributed by atoms with Crippen LogP contribution >= 0.6 is 0 Å². The van der Waals surface area contributed by atoms with Crippen molar-refractivity contribution >= 4 is 11.4 Å². The maximum absolute atomic E-state index is 9.50. The number of rotatable bonds is 3. The third kappa shape index (κ3) is 2.34. The Bertz CT molecular complexity index is 444. The van der Waals surface area contributed by atoms with E-state index in [1.165, 1.54) is 0 Å². The van der Waals surface area contributed by atoms with Gasteiger partial charge in [-0.25, -0.2) is 0 Å². The Morgan fingerprint density at radius 1 is 1.41 bits per heavy atom. The minimum absolute atomic E-state index is 0.132. The van der Waals surface area contributed by atoms with Gasteiger partial charge in [0.15, 0.2) is 0 Å². The van der Waals surface area contributed by atoms with Gasteiger partial charge < -0.3 is 16.2 Å². The van der Waals surface area contributed by atoms with Crippen molar-refractivity contribution in [3.8, 4) is 6.07 Å². The lowest BCUT2D eigenvalue weighted by Crippen LogP contribution is -2.38. The zero-order valence-corrected chi connectivity index (χ0v) is 9.74. The number of hydrogen-bond acceptors (Lipinski definition) is 4. The highest BCUT2D eigenvalue weighted by atomic mass is 16.3. The smallest absolute Gasteiger partial charge is 0.101 e. The van der Waals surface area contributed by atoms with Crippen LogP contribution in [-0.4, -0.2) is 17.3 Å². The third-order valence-electron chi connectivity index (χ3n) is 3.44. The average molecular weight is 231 g/mol. The Balaban J connectivity index is 2.19. The van der Waals surface area contributed by atoms with Crippen molar-refractivity contribution < 1.29 is 5.11 Å². The summed E-state index contributed by atoms with van der Waals surface area (Å²) in [5.74, 6) is 0. The molecule has 1 fully saturated rings. The molecule has 0 atom stereocenters. The zero-order valence-electron chi connectivity index (χ0n) is 9.74. The van der Waals surface area contributed by atoms with Gasteiger partial charge in [-0.05, 0) is 31.0 Å². The van der Waals surface area contributed by atoms with Crippen LogP contribution in [0.3, 0.4) is 0 Å². The SMILES string of the molecule is N#Cc1ccc(NC2(CO)CCCC2)cc1N. The Morgan fingerprint density at radius 2 is 2.12 bits per heavy atom. The molecule has 0 radical (unpaired) electrons. The quantitative estimate of drug-likeness (QED) is 0.693. The van der Waals surface area contributed by atoms with Crippen LogP contribution in [0.2, 0.25) is 0 Å². The number of nitrogens with one attached hydrogen (secondary N) is 1. The van der Waals surface area contributed by atoms with Crippen molar-refractivity contribution in [1.82, 2.24) is 0 Å². The fraction of sp³-hybridized carbons (Fsp3) is 0.462. The summed E-state index contributed by atoms with van der Waals surface area (Å²) in [5, 5.41) is 21.7. The van der Waals surface area contributed by atoms with E-state index in [0.717, 1.165) is 31.4 Å². The molecule has 0 spiro atoms. The topological polar surface area (TPSA) is 82.1 Å². The fourth-order valence-electron chi connectivity index (χ4n) is 2.42. The summed E-state index contributed by atoms with van der Waals surface area (Å²) in [4.78, 5) is 0. The lowest BCUT2D eigenvalue weighted by molar-refractivity contribution is 0.214. The van der Waals surface area contributed by atoms with Gasteiger partial charge in [0.05, 0.1) is 23.4 Å². The predicted octanol–water partition coefficient (Wildman–Crippen LogP) is 1.86. The average Bonchev–Trinajstić information content (AvgIpc) is 2.79. The third-order valence-corrected chi connectivity index (χ3v) is 3.44. The second-order valence-electron chi connectivity index (χ2n) is 4.68. The van der Waals surface area contributed by atoms with Gasteiger partial charge in [-0.15, -0.1) is 0 Å². The van der Waals surface area contributed by atoms with Crippen LogP contribution in [0.4, 0.5) is 11.4 Å². The Morgan fingerprint density at radius 3 is 2.65 bits per heavy atom. The number of nitrogens with zero attached hydrogens (tertiary/aromatic N) is 1. The second kappa shape index (κ2) is 4.64. The molecule has 0 bridgehead atoms. The van der Waals surface area contributed by atoms with Crippen molar-refractivity contribution in [2.24, 2.45) is 0 Å². The van der Waals surface area contributed by atoms with Crippen LogP contribution in [0.25, 0.3) is 0 Å². The Kier molecular flexibility index (Phi) is 3.21. The summed E-state index contributed by atoms with van der Waals surface area (Å²) in [6.07, 6.45) is 4.23. The van der Waals surface area contributed by atoms with Crippen molar-refractivity contribution in [1.29, 1.82) is 5.26 Å². The van der Waals surface area contributed by atoms with E-state index in [1.807, 2.05) is 12.1 Å². The normalized spacial score (nSPS) is 17.6. The first-order chi connectivity index (χ1) is 8.19. The minimum Gasteiger partial charge on any atom is -0.398 e. The first kappa shape index (κ1) is 11.7. The molecule has 0 heterocycles. The van der Waals surface area contributed by atoms with Crippen LogP contribution < -0.4 is 11.1 Å². The number of nitriles is 1.